The lowest BCUT2D eigenvalue weighted by Crippen LogP contribution is -2.43. The summed E-state index contributed by atoms with van der Waals surface area (Å²) in [6.07, 6.45) is 2.43. The molecule has 1 aliphatic carbocycles. The summed E-state index contributed by atoms with van der Waals surface area (Å²) in [4.78, 5) is 33.1. The molecular weight excluding hydrogens is 461 g/mol. The molecule has 2 amide bonds. The van der Waals surface area contributed by atoms with Gasteiger partial charge >= 0.3 is 0 Å². The maximum atomic E-state index is 13.8. The monoisotopic (exact) mass is 487 g/mol. The number of H-pyrrole nitrogens is 2. The molecule has 0 spiro atoms. The van der Waals surface area contributed by atoms with Crippen molar-refractivity contribution in [3.8, 4) is 0 Å². The molecule has 0 saturated heterocycles. The first-order valence-electron chi connectivity index (χ1n) is 11.4. The first-order chi connectivity index (χ1) is 16.2. The number of likely N-dealkylation sites (N-methyl/N-ethyl adjacent to an activating group) is 1. The molecule has 2 N–H and O–H groups in total. The van der Waals surface area contributed by atoms with Crippen LogP contribution in [0.25, 0.3) is 10.9 Å². The Morgan fingerprint density at radius 3 is 2.79 bits per heavy atom. The number of amides is 2. The van der Waals surface area contributed by atoms with Gasteiger partial charge in [0, 0.05) is 36.5 Å². The van der Waals surface area contributed by atoms with Gasteiger partial charge in [-0.05, 0) is 44.9 Å². The predicted molar refractivity (Wildman–Crippen MR) is 125 cm³/mol. The zero-order valence-electron chi connectivity index (χ0n) is 19.4. The zero-order valence-corrected chi connectivity index (χ0v) is 20.1. The van der Waals surface area contributed by atoms with Gasteiger partial charge in [0.25, 0.3) is 11.8 Å². The summed E-state index contributed by atoms with van der Waals surface area (Å²) >= 11 is 5.87. The number of hydrogen-bond acceptors (Lipinski definition) is 4. The molecule has 5 rings (SSSR count). The topological polar surface area (TPSA) is 94.3 Å². The molecule has 1 fully saturated rings. The smallest absolute Gasteiger partial charge is 0.272 e. The highest BCUT2D eigenvalue weighted by atomic mass is 35.5. The Bertz CT molecular complexity index is 1240. The summed E-state index contributed by atoms with van der Waals surface area (Å²) < 4.78 is 19.6. The van der Waals surface area contributed by atoms with E-state index >= 15 is 0 Å². The van der Waals surface area contributed by atoms with Crippen molar-refractivity contribution in [2.75, 3.05) is 20.2 Å². The lowest BCUT2D eigenvalue weighted by atomic mass is 10.0. The molecule has 8 nitrogen and oxygen atoms in total. The van der Waals surface area contributed by atoms with Gasteiger partial charge in [-0.1, -0.05) is 11.6 Å². The van der Waals surface area contributed by atoms with Crippen LogP contribution in [0, 0.1) is 5.82 Å². The number of carbonyl (C=O) groups excluding carboxylic acids is 2. The Morgan fingerprint density at radius 1 is 1.32 bits per heavy atom. The number of aromatic amines is 2. The van der Waals surface area contributed by atoms with E-state index in [1.165, 1.54) is 12.1 Å². The molecule has 2 aliphatic rings. The Kier molecular flexibility index (Phi) is 5.64. The number of fused-ring (bicyclic) bond motifs is 2. The molecule has 34 heavy (non-hydrogen) atoms. The Morgan fingerprint density at radius 2 is 2.09 bits per heavy atom. The minimum Gasteiger partial charge on any atom is -0.376 e. The first-order valence-corrected chi connectivity index (χ1v) is 11.8. The van der Waals surface area contributed by atoms with E-state index in [4.69, 9.17) is 16.3 Å². The van der Waals surface area contributed by atoms with Crippen LogP contribution >= 0.6 is 11.6 Å². The fraction of sp³-hybridized carbons (Fsp3) is 0.458. The van der Waals surface area contributed by atoms with Crippen molar-refractivity contribution in [1.82, 2.24) is 25.0 Å². The number of hydrogen-bond donors (Lipinski definition) is 2. The first kappa shape index (κ1) is 22.9. The number of carbonyl (C=O) groups is 2. The van der Waals surface area contributed by atoms with E-state index in [-0.39, 0.29) is 35.0 Å². The molecule has 0 atom stereocenters. The van der Waals surface area contributed by atoms with E-state index in [0.717, 1.165) is 24.1 Å². The van der Waals surface area contributed by atoms with Gasteiger partial charge in [0.05, 0.1) is 35.5 Å². The minimum atomic E-state index is -0.535. The number of aromatic nitrogens is 3. The van der Waals surface area contributed by atoms with E-state index in [1.807, 2.05) is 13.8 Å². The van der Waals surface area contributed by atoms with Crippen LogP contribution in [0.2, 0.25) is 5.02 Å². The van der Waals surface area contributed by atoms with Gasteiger partial charge in [0.1, 0.15) is 17.2 Å². The quantitative estimate of drug-likeness (QED) is 0.551. The van der Waals surface area contributed by atoms with Crippen molar-refractivity contribution < 1.29 is 18.7 Å². The average Bonchev–Trinajstić information content (AvgIpc) is 3.32. The third-order valence-electron chi connectivity index (χ3n) is 6.84. The average molecular weight is 488 g/mol. The van der Waals surface area contributed by atoms with Crippen LogP contribution in [0.5, 0.6) is 0 Å². The number of benzene rings is 1. The molecule has 1 aromatic carbocycles. The van der Waals surface area contributed by atoms with Gasteiger partial charge in [-0.15, -0.1) is 0 Å². The van der Waals surface area contributed by atoms with Crippen LogP contribution in [0.4, 0.5) is 4.39 Å². The minimum absolute atomic E-state index is 0.00568. The predicted octanol–water partition coefficient (Wildman–Crippen LogP) is 3.91. The Hall–Kier alpha value is -2.91. The van der Waals surface area contributed by atoms with Crippen molar-refractivity contribution >= 4 is 34.3 Å². The second-order valence-electron chi connectivity index (χ2n) is 9.49. The van der Waals surface area contributed by atoms with Gasteiger partial charge in [-0.3, -0.25) is 14.7 Å². The van der Waals surface area contributed by atoms with Crippen LogP contribution in [0.1, 0.15) is 58.9 Å². The summed E-state index contributed by atoms with van der Waals surface area (Å²) in [5.41, 5.74) is 2.60. The number of ether oxygens (including phenoxy) is 1. The third kappa shape index (κ3) is 3.96. The second-order valence-corrected chi connectivity index (χ2v) is 9.89. The van der Waals surface area contributed by atoms with Gasteiger partial charge in [-0.25, -0.2) is 4.39 Å². The molecule has 0 bridgehead atoms. The van der Waals surface area contributed by atoms with E-state index in [2.05, 4.69) is 15.2 Å². The van der Waals surface area contributed by atoms with Crippen LogP contribution < -0.4 is 0 Å². The molecule has 0 radical (unpaired) electrons. The fourth-order valence-electron chi connectivity index (χ4n) is 4.48. The highest BCUT2D eigenvalue weighted by Gasteiger charge is 2.49. The Labute approximate surface area is 201 Å². The molecule has 1 saturated carbocycles. The normalized spacial score (nSPS) is 16.7. The van der Waals surface area contributed by atoms with Crippen LogP contribution in [0.15, 0.2) is 18.2 Å². The van der Waals surface area contributed by atoms with Gasteiger partial charge in [-0.2, -0.15) is 5.10 Å². The molecule has 3 aromatic rings. The molecule has 1 aliphatic heterocycles. The molecule has 0 unspecified atom stereocenters. The Balaban J connectivity index is 1.35. The molecular formula is C24H27ClFN5O3. The molecule has 2 aromatic heterocycles. The van der Waals surface area contributed by atoms with Gasteiger partial charge < -0.3 is 19.5 Å². The number of halogens is 2. The van der Waals surface area contributed by atoms with Gasteiger partial charge in [0.2, 0.25) is 0 Å². The summed E-state index contributed by atoms with van der Waals surface area (Å²) in [6, 6.07) is 4.39. The second kappa shape index (κ2) is 8.39. The van der Waals surface area contributed by atoms with Crippen molar-refractivity contribution in [3.05, 3.63) is 51.7 Å². The van der Waals surface area contributed by atoms with Crippen molar-refractivity contribution in [2.24, 2.45) is 0 Å². The summed E-state index contributed by atoms with van der Waals surface area (Å²) in [5.74, 6) is -0.911. The molecule has 10 heteroatoms. The van der Waals surface area contributed by atoms with E-state index in [1.54, 1.807) is 22.9 Å². The highest BCUT2D eigenvalue weighted by Crippen LogP contribution is 2.42. The molecule has 180 valence electrons. The maximum Gasteiger partial charge on any atom is 0.272 e. The number of nitrogens with one attached hydrogen (secondary N) is 2. The van der Waals surface area contributed by atoms with E-state index < -0.39 is 5.82 Å². The van der Waals surface area contributed by atoms with E-state index in [9.17, 15) is 14.0 Å². The summed E-state index contributed by atoms with van der Waals surface area (Å²) in [7, 11) is 1.80. The third-order valence-corrected chi connectivity index (χ3v) is 7.13. The standard InChI is InChI=1S/C24H27ClFN5O3/c1-13(2)34-12-24(5-6-24)30(3)23(33)21-15-11-31(7-4-18(15)28-29-21)22(32)20-9-14-8-17(26)16(25)10-19(14)27-20/h8-10,13,27H,4-7,11-12H2,1-3H3,(H,28,29). The van der Waals surface area contributed by atoms with E-state index in [0.29, 0.717) is 41.9 Å². The van der Waals surface area contributed by atoms with Crippen LogP contribution in [-0.4, -0.2) is 68.6 Å². The van der Waals surface area contributed by atoms with Crippen molar-refractivity contribution in [1.29, 1.82) is 0 Å². The number of nitrogens with zero attached hydrogens (tertiary/aromatic N) is 3. The zero-order chi connectivity index (χ0) is 24.2. The lowest BCUT2D eigenvalue weighted by molar-refractivity contribution is 0.0200. The largest absolute Gasteiger partial charge is 0.376 e. The molecule has 3 heterocycles. The van der Waals surface area contributed by atoms with Crippen molar-refractivity contribution in [2.45, 2.75) is 51.3 Å². The maximum absolute atomic E-state index is 13.8. The van der Waals surface area contributed by atoms with Crippen molar-refractivity contribution in [3.63, 3.8) is 0 Å². The van der Waals surface area contributed by atoms with Crippen LogP contribution in [0.3, 0.4) is 0 Å². The lowest BCUT2D eigenvalue weighted by Gasteiger charge is -2.30. The fourth-order valence-corrected chi connectivity index (χ4v) is 4.64. The van der Waals surface area contributed by atoms with Gasteiger partial charge in [0.15, 0.2) is 0 Å². The number of rotatable bonds is 6. The summed E-state index contributed by atoms with van der Waals surface area (Å²) in [5, 5.41) is 7.83. The SMILES string of the molecule is CC(C)OCC1(N(C)C(=O)c2[nH]nc3c2CN(C(=O)c2cc4cc(F)c(Cl)cc4[nH]2)CC3)CC1. The van der Waals surface area contributed by atoms with Crippen LogP contribution in [-0.2, 0) is 17.7 Å². The highest BCUT2D eigenvalue weighted by molar-refractivity contribution is 6.31. The summed E-state index contributed by atoms with van der Waals surface area (Å²) in [6.45, 7) is 5.19.